The minimum atomic E-state index is 0.347. The first-order chi connectivity index (χ1) is 7.77. The van der Waals surface area contributed by atoms with Crippen molar-refractivity contribution in [2.75, 3.05) is 0 Å². The molecule has 1 aliphatic rings. The van der Waals surface area contributed by atoms with Crippen LogP contribution in [0.25, 0.3) is 10.9 Å². The first-order valence-corrected chi connectivity index (χ1v) is 6.09. The largest absolute Gasteiger partial charge is 0.361 e. The summed E-state index contributed by atoms with van der Waals surface area (Å²) in [6.45, 7) is 2.15. The number of benzene rings is 1. The number of rotatable bonds is 1. The van der Waals surface area contributed by atoms with Crippen LogP contribution in [0.1, 0.15) is 36.3 Å². The Balaban J connectivity index is 2.14. The standard InChI is InChI=1S/C14H18N2/c1-9-4-2-6-11-12(8-16-14(9)11)10-5-3-7-13(10)15/h2,4,6,8,10,13,16H,3,5,7,15H2,1H3. The third-order valence-electron chi connectivity index (χ3n) is 3.92. The van der Waals surface area contributed by atoms with Crippen LogP contribution in [0, 0.1) is 6.92 Å². The zero-order chi connectivity index (χ0) is 11.1. The van der Waals surface area contributed by atoms with Crippen LogP contribution in [0.3, 0.4) is 0 Å². The van der Waals surface area contributed by atoms with E-state index in [4.69, 9.17) is 5.73 Å². The average molecular weight is 214 g/mol. The smallest absolute Gasteiger partial charge is 0.0486 e. The van der Waals surface area contributed by atoms with Gasteiger partial charge in [0.05, 0.1) is 0 Å². The Kier molecular flexibility index (Phi) is 2.25. The van der Waals surface area contributed by atoms with Crippen molar-refractivity contribution in [3.05, 3.63) is 35.5 Å². The number of nitrogens with one attached hydrogen (secondary N) is 1. The van der Waals surface area contributed by atoms with Crippen LogP contribution in [-0.2, 0) is 0 Å². The van der Waals surface area contributed by atoms with Crippen molar-refractivity contribution in [2.24, 2.45) is 5.73 Å². The molecule has 2 nitrogen and oxygen atoms in total. The Hall–Kier alpha value is -1.28. The number of hydrogen-bond donors (Lipinski definition) is 2. The topological polar surface area (TPSA) is 41.8 Å². The predicted octanol–water partition coefficient (Wildman–Crippen LogP) is 3.07. The van der Waals surface area contributed by atoms with E-state index in [1.807, 2.05) is 0 Å². The summed E-state index contributed by atoms with van der Waals surface area (Å²) >= 11 is 0. The summed E-state index contributed by atoms with van der Waals surface area (Å²) in [6, 6.07) is 6.84. The fraction of sp³-hybridized carbons (Fsp3) is 0.429. The lowest BCUT2D eigenvalue weighted by Gasteiger charge is -2.14. The predicted molar refractivity (Wildman–Crippen MR) is 67.6 cm³/mol. The van der Waals surface area contributed by atoms with Gasteiger partial charge in [0.15, 0.2) is 0 Å². The molecule has 1 fully saturated rings. The van der Waals surface area contributed by atoms with Gasteiger partial charge in [0, 0.05) is 29.1 Å². The molecule has 3 N–H and O–H groups in total. The quantitative estimate of drug-likeness (QED) is 0.752. The normalized spacial score (nSPS) is 25.4. The molecular formula is C14H18N2. The highest BCUT2D eigenvalue weighted by atomic mass is 14.7. The van der Waals surface area contributed by atoms with Crippen LogP contribution >= 0.6 is 0 Å². The highest BCUT2D eigenvalue weighted by Crippen LogP contribution is 2.37. The summed E-state index contributed by atoms with van der Waals surface area (Å²) in [7, 11) is 0. The van der Waals surface area contributed by atoms with Gasteiger partial charge in [-0.15, -0.1) is 0 Å². The zero-order valence-corrected chi connectivity index (χ0v) is 9.66. The molecule has 0 amide bonds. The van der Waals surface area contributed by atoms with Gasteiger partial charge in [0.1, 0.15) is 0 Å². The van der Waals surface area contributed by atoms with Gasteiger partial charge in [-0.3, -0.25) is 0 Å². The molecule has 2 atom stereocenters. The Morgan fingerprint density at radius 3 is 2.94 bits per heavy atom. The Morgan fingerprint density at radius 1 is 1.31 bits per heavy atom. The van der Waals surface area contributed by atoms with E-state index >= 15 is 0 Å². The number of H-pyrrole nitrogens is 1. The molecule has 0 aliphatic heterocycles. The highest BCUT2D eigenvalue weighted by Gasteiger charge is 2.27. The van der Waals surface area contributed by atoms with Crippen LogP contribution in [0.4, 0.5) is 0 Å². The molecule has 3 rings (SSSR count). The lowest BCUT2D eigenvalue weighted by atomic mass is 9.94. The summed E-state index contributed by atoms with van der Waals surface area (Å²) in [5, 5.41) is 1.36. The van der Waals surface area contributed by atoms with Gasteiger partial charge in [0.2, 0.25) is 0 Å². The number of nitrogens with two attached hydrogens (primary N) is 1. The minimum Gasteiger partial charge on any atom is -0.361 e. The third-order valence-corrected chi connectivity index (χ3v) is 3.92. The van der Waals surface area contributed by atoms with Crippen LogP contribution in [0.2, 0.25) is 0 Å². The Bertz CT molecular complexity index is 512. The number of para-hydroxylation sites is 1. The monoisotopic (exact) mass is 214 g/mol. The summed E-state index contributed by atoms with van der Waals surface area (Å²) in [5.41, 5.74) is 10.2. The molecule has 0 bridgehead atoms. The van der Waals surface area contributed by atoms with E-state index in [2.05, 4.69) is 36.3 Å². The van der Waals surface area contributed by atoms with E-state index in [1.54, 1.807) is 0 Å². The maximum atomic E-state index is 6.19. The van der Waals surface area contributed by atoms with Gasteiger partial charge in [-0.05, 0) is 30.9 Å². The molecular weight excluding hydrogens is 196 g/mol. The summed E-state index contributed by atoms with van der Waals surface area (Å²) in [5.74, 6) is 0.551. The first kappa shape index (κ1) is 9.91. The van der Waals surface area contributed by atoms with Crippen molar-refractivity contribution in [2.45, 2.75) is 38.1 Å². The van der Waals surface area contributed by atoms with Gasteiger partial charge in [-0.2, -0.15) is 0 Å². The highest BCUT2D eigenvalue weighted by molar-refractivity contribution is 5.86. The molecule has 0 radical (unpaired) electrons. The van der Waals surface area contributed by atoms with Crippen LogP contribution < -0.4 is 5.73 Å². The van der Waals surface area contributed by atoms with Gasteiger partial charge < -0.3 is 10.7 Å². The molecule has 1 heterocycles. The zero-order valence-electron chi connectivity index (χ0n) is 9.66. The van der Waals surface area contributed by atoms with E-state index in [-0.39, 0.29) is 0 Å². The van der Waals surface area contributed by atoms with Gasteiger partial charge in [-0.1, -0.05) is 24.6 Å². The number of fused-ring (bicyclic) bond motifs is 1. The maximum absolute atomic E-state index is 6.19. The van der Waals surface area contributed by atoms with Crippen molar-refractivity contribution in [3.8, 4) is 0 Å². The number of aryl methyl sites for hydroxylation is 1. The van der Waals surface area contributed by atoms with Crippen molar-refractivity contribution in [3.63, 3.8) is 0 Å². The molecule has 1 aromatic heterocycles. The molecule has 1 saturated carbocycles. The van der Waals surface area contributed by atoms with E-state index in [1.165, 1.54) is 41.3 Å². The lowest BCUT2D eigenvalue weighted by Crippen LogP contribution is -2.22. The minimum absolute atomic E-state index is 0.347. The van der Waals surface area contributed by atoms with Crippen molar-refractivity contribution >= 4 is 10.9 Å². The second-order valence-electron chi connectivity index (χ2n) is 4.94. The Morgan fingerprint density at radius 2 is 2.19 bits per heavy atom. The fourth-order valence-corrected chi connectivity index (χ4v) is 3.01. The van der Waals surface area contributed by atoms with Crippen molar-refractivity contribution < 1.29 is 0 Å². The number of aromatic nitrogens is 1. The average Bonchev–Trinajstić information content (AvgIpc) is 2.84. The maximum Gasteiger partial charge on any atom is 0.0486 e. The fourth-order valence-electron chi connectivity index (χ4n) is 3.01. The second kappa shape index (κ2) is 3.63. The summed E-state index contributed by atoms with van der Waals surface area (Å²) in [6.07, 6.45) is 5.84. The molecule has 1 aromatic carbocycles. The first-order valence-electron chi connectivity index (χ1n) is 6.09. The van der Waals surface area contributed by atoms with Crippen LogP contribution in [0.5, 0.6) is 0 Å². The van der Waals surface area contributed by atoms with Crippen molar-refractivity contribution in [1.82, 2.24) is 4.98 Å². The molecule has 2 heteroatoms. The van der Waals surface area contributed by atoms with E-state index in [0.29, 0.717) is 12.0 Å². The molecule has 2 aromatic rings. The van der Waals surface area contributed by atoms with Crippen LogP contribution in [-0.4, -0.2) is 11.0 Å². The molecule has 0 spiro atoms. The molecule has 2 unspecified atom stereocenters. The Labute approximate surface area is 95.8 Å². The third kappa shape index (κ3) is 1.37. The molecule has 0 saturated heterocycles. The summed E-state index contributed by atoms with van der Waals surface area (Å²) in [4.78, 5) is 3.40. The van der Waals surface area contributed by atoms with E-state index in [0.717, 1.165) is 0 Å². The second-order valence-corrected chi connectivity index (χ2v) is 4.94. The SMILES string of the molecule is Cc1cccc2c(C3CCCC3N)c[nH]c12. The molecule has 1 aliphatic carbocycles. The van der Waals surface area contributed by atoms with E-state index < -0.39 is 0 Å². The summed E-state index contributed by atoms with van der Waals surface area (Å²) < 4.78 is 0. The van der Waals surface area contributed by atoms with Gasteiger partial charge >= 0.3 is 0 Å². The lowest BCUT2D eigenvalue weighted by molar-refractivity contribution is 0.616. The van der Waals surface area contributed by atoms with Gasteiger partial charge in [0.25, 0.3) is 0 Å². The number of hydrogen-bond acceptors (Lipinski definition) is 1. The van der Waals surface area contributed by atoms with E-state index in [9.17, 15) is 0 Å². The van der Waals surface area contributed by atoms with Crippen LogP contribution in [0.15, 0.2) is 24.4 Å². The number of aromatic amines is 1. The van der Waals surface area contributed by atoms with Crippen molar-refractivity contribution in [1.29, 1.82) is 0 Å². The van der Waals surface area contributed by atoms with Gasteiger partial charge in [-0.25, -0.2) is 0 Å². The molecule has 16 heavy (non-hydrogen) atoms. The molecule has 84 valence electrons.